The number of hydrogen-bond donors (Lipinski definition) is 2. The molecule has 0 aliphatic heterocycles. The molecule has 0 fully saturated rings. The Balaban J connectivity index is 3.14. The number of halogens is 1. The third-order valence-corrected chi connectivity index (χ3v) is 2.15. The Kier molecular flexibility index (Phi) is 3.60. The Hall–Kier alpha value is -1.91. The van der Waals surface area contributed by atoms with Crippen molar-refractivity contribution in [2.24, 2.45) is 0 Å². The number of aryl methyl sites for hydroxylation is 1. The zero-order chi connectivity index (χ0) is 12.3. The molecule has 1 rings (SSSR count). The number of carbonyl (C=O) groups excluding carboxylic acids is 1. The van der Waals surface area contributed by atoms with Crippen LogP contribution in [0.1, 0.15) is 24.1 Å². The molecule has 1 atom stereocenters. The molecule has 0 aromatic heterocycles. The van der Waals surface area contributed by atoms with E-state index in [1.807, 2.05) is 0 Å². The fraction of sp³-hybridized carbons (Fsp3) is 0.273. The fourth-order valence-electron chi connectivity index (χ4n) is 1.40. The van der Waals surface area contributed by atoms with E-state index in [2.05, 4.69) is 5.32 Å². The Morgan fingerprint density at radius 1 is 1.44 bits per heavy atom. The topological polar surface area (TPSA) is 66.4 Å². The van der Waals surface area contributed by atoms with Crippen molar-refractivity contribution in [3.63, 3.8) is 0 Å². The van der Waals surface area contributed by atoms with E-state index in [1.54, 1.807) is 6.92 Å². The highest BCUT2D eigenvalue weighted by Crippen LogP contribution is 2.19. The van der Waals surface area contributed by atoms with Crippen LogP contribution in [0.15, 0.2) is 18.2 Å². The number of benzene rings is 1. The van der Waals surface area contributed by atoms with Crippen molar-refractivity contribution < 1.29 is 19.1 Å². The summed E-state index contributed by atoms with van der Waals surface area (Å²) in [6, 6.07) is 2.62. The van der Waals surface area contributed by atoms with Crippen LogP contribution in [0.3, 0.4) is 0 Å². The predicted molar refractivity (Wildman–Crippen MR) is 55.3 cm³/mol. The first-order chi connectivity index (χ1) is 7.41. The van der Waals surface area contributed by atoms with Crippen LogP contribution in [0.25, 0.3) is 0 Å². The molecule has 0 saturated heterocycles. The molecular formula is C11H12FNO3. The predicted octanol–water partition coefficient (Wildman–Crippen LogP) is 1.40. The lowest BCUT2D eigenvalue weighted by Crippen LogP contribution is -2.32. The maximum absolute atomic E-state index is 13.0. The standard InChI is InChI=1S/C11H12FNO3/c1-6-3-4-8(12)5-9(6)10(11(15)16)13-7(2)14/h3-5,10H,1-2H3,(H,13,14)(H,15,16). The molecule has 0 aliphatic carbocycles. The van der Waals surface area contributed by atoms with E-state index in [0.29, 0.717) is 5.56 Å². The molecule has 0 saturated carbocycles. The van der Waals surface area contributed by atoms with Gasteiger partial charge in [0.2, 0.25) is 5.91 Å². The van der Waals surface area contributed by atoms with E-state index >= 15 is 0 Å². The molecule has 0 aliphatic rings. The van der Waals surface area contributed by atoms with Crippen LogP contribution in [0.4, 0.5) is 4.39 Å². The molecule has 0 radical (unpaired) electrons. The van der Waals surface area contributed by atoms with Gasteiger partial charge in [-0.05, 0) is 30.2 Å². The largest absolute Gasteiger partial charge is 0.479 e. The first kappa shape index (κ1) is 12.2. The molecule has 0 heterocycles. The summed E-state index contributed by atoms with van der Waals surface area (Å²) >= 11 is 0. The molecule has 16 heavy (non-hydrogen) atoms. The Bertz CT molecular complexity index is 431. The van der Waals surface area contributed by atoms with Gasteiger partial charge < -0.3 is 10.4 Å². The number of carbonyl (C=O) groups is 2. The summed E-state index contributed by atoms with van der Waals surface area (Å²) in [5.74, 6) is -2.22. The van der Waals surface area contributed by atoms with Gasteiger partial charge in [0.1, 0.15) is 5.82 Å². The second kappa shape index (κ2) is 4.74. The third kappa shape index (κ3) is 2.79. The van der Waals surface area contributed by atoms with Crippen LogP contribution < -0.4 is 5.32 Å². The number of aliphatic carboxylic acids is 1. The molecule has 2 N–H and O–H groups in total. The van der Waals surface area contributed by atoms with Crippen molar-refractivity contribution in [1.82, 2.24) is 5.32 Å². The first-order valence-electron chi connectivity index (χ1n) is 4.67. The lowest BCUT2D eigenvalue weighted by atomic mass is 10.0. The average molecular weight is 225 g/mol. The highest BCUT2D eigenvalue weighted by atomic mass is 19.1. The van der Waals surface area contributed by atoms with Gasteiger partial charge in [-0.1, -0.05) is 6.07 Å². The molecule has 1 aromatic rings. The summed E-state index contributed by atoms with van der Waals surface area (Å²) in [7, 11) is 0. The highest BCUT2D eigenvalue weighted by molar-refractivity contribution is 5.83. The van der Waals surface area contributed by atoms with Crippen molar-refractivity contribution in [3.8, 4) is 0 Å². The minimum Gasteiger partial charge on any atom is -0.479 e. The maximum atomic E-state index is 13.0. The van der Waals surface area contributed by atoms with Crippen LogP contribution >= 0.6 is 0 Å². The number of rotatable bonds is 3. The van der Waals surface area contributed by atoms with Gasteiger partial charge in [0.05, 0.1) is 0 Å². The van der Waals surface area contributed by atoms with Gasteiger partial charge in [-0.25, -0.2) is 9.18 Å². The van der Waals surface area contributed by atoms with Gasteiger partial charge in [0, 0.05) is 6.92 Å². The van der Waals surface area contributed by atoms with E-state index in [4.69, 9.17) is 5.11 Å². The molecule has 86 valence electrons. The van der Waals surface area contributed by atoms with Crippen LogP contribution in [-0.4, -0.2) is 17.0 Å². The van der Waals surface area contributed by atoms with Gasteiger partial charge in [0.15, 0.2) is 6.04 Å². The zero-order valence-corrected chi connectivity index (χ0v) is 8.95. The second-order valence-corrected chi connectivity index (χ2v) is 3.47. The van der Waals surface area contributed by atoms with E-state index in [9.17, 15) is 14.0 Å². The van der Waals surface area contributed by atoms with Crippen LogP contribution in [0.5, 0.6) is 0 Å². The summed E-state index contributed by atoms with van der Waals surface area (Å²) in [4.78, 5) is 21.8. The summed E-state index contributed by atoms with van der Waals surface area (Å²) in [5.41, 5.74) is 0.866. The van der Waals surface area contributed by atoms with Crippen LogP contribution in [0, 0.1) is 12.7 Å². The molecular weight excluding hydrogens is 213 g/mol. The van der Waals surface area contributed by atoms with Gasteiger partial charge >= 0.3 is 5.97 Å². The number of nitrogens with one attached hydrogen (secondary N) is 1. The van der Waals surface area contributed by atoms with E-state index in [1.165, 1.54) is 19.1 Å². The monoisotopic (exact) mass is 225 g/mol. The summed E-state index contributed by atoms with van der Waals surface area (Å²) in [6.07, 6.45) is 0. The Morgan fingerprint density at radius 2 is 2.06 bits per heavy atom. The van der Waals surface area contributed by atoms with Crippen molar-refractivity contribution in [2.45, 2.75) is 19.9 Å². The molecule has 5 heteroatoms. The highest BCUT2D eigenvalue weighted by Gasteiger charge is 2.22. The van der Waals surface area contributed by atoms with Crippen LogP contribution in [-0.2, 0) is 9.59 Å². The average Bonchev–Trinajstić information content (AvgIpc) is 2.18. The first-order valence-corrected chi connectivity index (χ1v) is 4.67. The van der Waals surface area contributed by atoms with Crippen molar-refractivity contribution in [1.29, 1.82) is 0 Å². The SMILES string of the molecule is CC(=O)NC(C(=O)O)c1cc(F)ccc1C. The normalized spacial score (nSPS) is 11.9. The molecule has 0 bridgehead atoms. The van der Waals surface area contributed by atoms with Gasteiger partial charge in [-0.3, -0.25) is 4.79 Å². The number of hydrogen-bond acceptors (Lipinski definition) is 2. The third-order valence-electron chi connectivity index (χ3n) is 2.15. The summed E-state index contributed by atoms with van der Waals surface area (Å²) in [5, 5.41) is 11.2. The number of amides is 1. The number of carboxylic acids is 1. The maximum Gasteiger partial charge on any atom is 0.330 e. The summed E-state index contributed by atoms with van der Waals surface area (Å²) < 4.78 is 13.0. The smallest absolute Gasteiger partial charge is 0.330 e. The van der Waals surface area contributed by atoms with E-state index in [-0.39, 0.29) is 5.56 Å². The molecule has 1 aromatic carbocycles. The quantitative estimate of drug-likeness (QED) is 0.817. The molecule has 1 amide bonds. The molecule has 4 nitrogen and oxygen atoms in total. The van der Waals surface area contributed by atoms with Crippen molar-refractivity contribution >= 4 is 11.9 Å². The van der Waals surface area contributed by atoms with Crippen molar-refractivity contribution in [3.05, 3.63) is 35.1 Å². The zero-order valence-electron chi connectivity index (χ0n) is 8.95. The lowest BCUT2D eigenvalue weighted by molar-refractivity contribution is -0.141. The minimum atomic E-state index is -1.22. The van der Waals surface area contributed by atoms with Crippen LogP contribution in [0.2, 0.25) is 0 Å². The van der Waals surface area contributed by atoms with Gasteiger partial charge in [-0.15, -0.1) is 0 Å². The molecule has 0 spiro atoms. The Labute approximate surface area is 92.1 Å². The Morgan fingerprint density at radius 3 is 2.56 bits per heavy atom. The van der Waals surface area contributed by atoms with E-state index in [0.717, 1.165) is 6.07 Å². The number of carboxylic acid groups (broad SMARTS) is 1. The molecule has 1 unspecified atom stereocenters. The van der Waals surface area contributed by atoms with Crippen molar-refractivity contribution in [2.75, 3.05) is 0 Å². The minimum absolute atomic E-state index is 0.253. The van der Waals surface area contributed by atoms with E-state index < -0.39 is 23.7 Å². The van der Waals surface area contributed by atoms with Gasteiger partial charge in [-0.2, -0.15) is 0 Å². The summed E-state index contributed by atoms with van der Waals surface area (Å²) in [6.45, 7) is 2.87. The second-order valence-electron chi connectivity index (χ2n) is 3.47. The fourth-order valence-corrected chi connectivity index (χ4v) is 1.40. The lowest BCUT2D eigenvalue weighted by Gasteiger charge is -2.15. The van der Waals surface area contributed by atoms with Gasteiger partial charge in [0.25, 0.3) is 0 Å².